The Kier molecular flexibility index (Phi) is 4.52. The van der Waals surface area contributed by atoms with Gasteiger partial charge in [-0.05, 0) is 40.9 Å². The Labute approximate surface area is 118 Å². The molecule has 104 valence electrons. The summed E-state index contributed by atoms with van der Waals surface area (Å²) >= 11 is 3.03. The van der Waals surface area contributed by atoms with Crippen LogP contribution in [0.1, 0.15) is 29.6 Å². The van der Waals surface area contributed by atoms with Crippen molar-refractivity contribution in [3.63, 3.8) is 0 Å². The van der Waals surface area contributed by atoms with Gasteiger partial charge in [-0.1, -0.05) is 6.42 Å². The number of halogens is 3. The highest BCUT2D eigenvalue weighted by atomic mass is 79.9. The molecule has 1 aliphatic carbocycles. The zero-order chi connectivity index (χ0) is 14.0. The van der Waals surface area contributed by atoms with Crippen LogP contribution in [0.5, 0.6) is 0 Å². The highest BCUT2D eigenvalue weighted by Gasteiger charge is 2.25. The third-order valence-corrected chi connectivity index (χ3v) is 4.05. The van der Waals surface area contributed by atoms with E-state index in [9.17, 15) is 18.7 Å². The molecule has 2 N–H and O–H groups in total. The van der Waals surface area contributed by atoms with Crippen LogP contribution < -0.4 is 5.32 Å². The zero-order valence-corrected chi connectivity index (χ0v) is 11.7. The van der Waals surface area contributed by atoms with Gasteiger partial charge in [-0.15, -0.1) is 0 Å². The van der Waals surface area contributed by atoms with Crippen molar-refractivity contribution < 1.29 is 18.7 Å². The summed E-state index contributed by atoms with van der Waals surface area (Å²) in [5.74, 6) is -2.51. The molecule has 19 heavy (non-hydrogen) atoms. The monoisotopic (exact) mass is 333 g/mol. The molecule has 2 atom stereocenters. The van der Waals surface area contributed by atoms with E-state index < -0.39 is 23.6 Å². The second-order valence-corrected chi connectivity index (χ2v) is 5.57. The van der Waals surface area contributed by atoms with E-state index in [1.165, 1.54) is 0 Å². The van der Waals surface area contributed by atoms with Gasteiger partial charge < -0.3 is 10.4 Å². The van der Waals surface area contributed by atoms with Crippen LogP contribution in [0.4, 0.5) is 8.78 Å². The van der Waals surface area contributed by atoms with Crippen molar-refractivity contribution in [2.24, 2.45) is 5.92 Å². The number of hydrogen-bond acceptors (Lipinski definition) is 2. The molecule has 1 aromatic rings. The summed E-state index contributed by atoms with van der Waals surface area (Å²) in [6.45, 7) is 0.339. The average molecular weight is 334 g/mol. The van der Waals surface area contributed by atoms with Crippen molar-refractivity contribution in [3.05, 3.63) is 33.8 Å². The van der Waals surface area contributed by atoms with Crippen molar-refractivity contribution in [1.82, 2.24) is 5.32 Å². The van der Waals surface area contributed by atoms with Crippen LogP contribution in [0.3, 0.4) is 0 Å². The van der Waals surface area contributed by atoms with E-state index in [-0.39, 0.29) is 16.0 Å². The van der Waals surface area contributed by atoms with Gasteiger partial charge in [0, 0.05) is 16.9 Å². The lowest BCUT2D eigenvalue weighted by atomic mass is 10.1. The first-order valence-electron chi connectivity index (χ1n) is 6.10. The smallest absolute Gasteiger partial charge is 0.252 e. The predicted molar refractivity (Wildman–Crippen MR) is 69.7 cm³/mol. The van der Waals surface area contributed by atoms with Gasteiger partial charge in [-0.25, -0.2) is 8.78 Å². The van der Waals surface area contributed by atoms with Gasteiger partial charge in [0.05, 0.1) is 11.7 Å². The molecule has 0 bridgehead atoms. The van der Waals surface area contributed by atoms with E-state index in [1.54, 1.807) is 0 Å². The number of amides is 1. The molecule has 1 fully saturated rings. The quantitative estimate of drug-likeness (QED) is 0.835. The third-order valence-electron chi connectivity index (χ3n) is 3.40. The molecular formula is C13H14BrF2NO2. The lowest BCUT2D eigenvalue weighted by Crippen LogP contribution is -2.32. The van der Waals surface area contributed by atoms with Gasteiger partial charge in [-0.3, -0.25) is 4.79 Å². The van der Waals surface area contributed by atoms with E-state index in [1.807, 2.05) is 0 Å². The fraction of sp³-hybridized carbons (Fsp3) is 0.462. The Morgan fingerprint density at radius 1 is 1.37 bits per heavy atom. The van der Waals surface area contributed by atoms with Crippen molar-refractivity contribution >= 4 is 21.8 Å². The number of aliphatic hydroxyl groups excluding tert-OH is 1. The SMILES string of the molecule is O=C(NCC1CCCC1O)c1cc(F)c(F)cc1Br. The van der Waals surface area contributed by atoms with Gasteiger partial charge in [-0.2, -0.15) is 0 Å². The minimum atomic E-state index is -1.06. The molecule has 1 saturated carbocycles. The lowest BCUT2D eigenvalue weighted by Gasteiger charge is -2.15. The molecule has 0 spiro atoms. The first kappa shape index (κ1) is 14.4. The highest BCUT2D eigenvalue weighted by molar-refractivity contribution is 9.10. The van der Waals surface area contributed by atoms with Crippen LogP contribution in [-0.2, 0) is 0 Å². The van der Waals surface area contributed by atoms with Crippen molar-refractivity contribution in [2.75, 3.05) is 6.54 Å². The third kappa shape index (κ3) is 3.30. The number of rotatable bonds is 3. The van der Waals surface area contributed by atoms with Crippen LogP contribution in [-0.4, -0.2) is 23.7 Å². The van der Waals surface area contributed by atoms with E-state index in [4.69, 9.17) is 0 Å². The Balaban J connectivity index is 2.02. The fourth-order valence-corrected chi connectivity index (χ4v) is 2.77. The van der Waals surface area contributed by atoms with E-state index >= 15 is 0 Å². The molecule has 0 heterocycles. The van der Waals surface area contributed by atoms with E-state index in [2.05, 4.69) is 21.2 Å². The van der Waals surface area contributed by atoms with Crippen LogP contribution >= 0.6 is 15.9 Å². The molecule has 2 unspecified atom stereocenters. The van der Waals surface area contributed by atoms with Crippen molar-refractivity contribution in [2.45, 2.75) is 25.4 Å². The molecule has 6 heteroatoms. The van der Waals surface area contributed by atoms with Crippen molar-refractivity contribution in [3.8, 4) is 0 Å². The van der Waals surface area contributed by atoms with Crippen LogP contribution in [0.25, 0.3) is 0 Å². The Morgan fingerprint density at radius 2 is 2.05 bits per heavy atom. The minimum absolute atomic E-state index is 0.0352. The number of hydrogen-bond donors (Lipinski definition) is 2. The predicted octanol–water partition coefficient (Wildman–Crippen LogP) is 2.62. The summed E-state index contributed by atoms with van der Waals surface area (Å²) in [7, 11) is 0. The molecular weight excluding hydrogens is 320 g/mol. The van der Waals surface area contributed by atoms with E-state index in [0.29, 0.717) is 6.54 Å². The highest BCUT2D eigenvalue weighted by Crippen LogP contribution is 2.25. The molecule has 1 aromatic carbocycles. The molecule has 2 rings (SSSR count). The maximum absolute atomic E-state index is 13.1. The number of carbonyl (C=O) groups excluding carboxylic acids is 1. The van der Waals surface area contributed by atoms with Crippen LogP contribution in [0.15, 0.2) is 16.6 Å². The standard InChI is InChI=1S/C13H14BrF2NO2/c14-9-5-11(16)10(15)4-8(9)13(19)17-6-7-2-1-3-12(7)18/h4-5,7,12,18H,1-3,6H2,(H,17,19). The van der Waals surface area contributed by atoms with Gasteiger partial charge in [0.15, 0.2) is 11.6 Å². The largest absolute Gasteiger partial charge is 0.393 e. The molecule has 0 aromatic heterocycles. The topological polar surface area (TPSA) is 49.3 Å². The zero-order valence-electron chi connectivity index (χ0n) is 10.1. The summed E-state index contributed by atoms with van der Waals surface area (Å²) in [4.78, 5) is 11.9. The van der Waals surface area contributed by atoms with E-state index in [0.717, 1.165) is 31.4 Å². The number of benzene rings is 1. The molecule has 1 amide bonds. The molecule has 0 aliphatic heterocycles. The second kappa shape index (κ2) is 5.96. The van der Waals surface area contributed by atoms with Gasteiger partial charge in [0.25, 0.3) is 5.91 Å². The summed E-state index contributed by atoms with van der Waals surface area (Å²) in [5.41, 5.74) is 0.0476. The second-order valence-electron chi connectivity index (χ2n) is 4.71. The molecule has 0 radical (unpaired) electrons. The molecule has 1 aliphatic rings. The Bertz CT molecular complexity index is 496. The summed E-state index contributed by atoms with van der Waals surface area (Å²) in [6.07, 6.45) is 2.15. The first-order chi connectivity index (χ1) is 8.99. The maximum atomic E-state index is 13.1. The Hall–Kier alpha value is -1.01. The number of nitrogens with one attached hydrogen (secondary N) is 1. The summed E-state index contributed by atoms with van der Waals surface area (Å²) in [5, 5.41) is 12.3. The molecule has 3 nitrogen and oxygen atoms in total. The molecule has 0 saturated heterocycles. The normalized spacial score (nSPS) is 22.5. The van der Waals surface area contributed by atoms with Gasteiger partial charge >= 0.3 is 0 Å². The lowest BCUT2D eigenvalue weighted by molar-refractivity contribution is 0.0915. The van der Waals surface area contributed by atoms with Gasteiger partial charge in [0.2, 0.25) is 0 Å². The van der Waals surface area contributed by atoms with Crippen molar-refractivity contribution in [1.29, 1.82) is 0 Å². The van der Waals surface area contributed by atoms with Crippen LogP contribution in [0, 0.1) is 17.6 Å². The van der Waals surface area contributed by atoms with Gasteiger partial charge in [0.1, 0.15) is 0 Å². The summed E-state index contributed by atoms with van der Waals surface area (Å²) in [6, 6.07) is 1.79. The summed E-state index contributed by atoms with van der Waals surface area (Å²) < 4.78 is 26.2. The van der Waals surface area contributed by atoms with Crippen LogP contribution in [0.2, 0.25) is 0 Å². The maximum Gasteiger partial charge on any atom is 0.252 e. The fourth-order valence-electron chi connectivity index (χ4n) is 2.27. The minimum Gasteiger partial charge on any atom is -0.393 e. The number of carbonyl (C=O) groups is 1. The Morgan fingerprint density at radius 3 is 2.68 bits per heavy atom. The first-order valence-corrected chi connectivity index (χ1v) is 6.89. The average Bonchev–Trinajstić information content (AvgIpc) is 2.76. The number of aliphatic hydroxyl groups is 1.